The summed E-state index contributed by atoms with van der Waals surface area (Å²) in [6.07, 6.45) is 3.43. The summed E-state index contributed by atoms with van der Waals surface area (Å²) in [5, 5.41) is 0. The molecule has 1 saturated heterocycles. The predicted molar refractivity (Wildman–Crippen MR) is 175 cm³/mol. The van der Waals surface area contributed by atoms with Crippen molar-refractivity contribution in [3.8, 4) is 34.3 Å². The van der Waals surface area contributed by atoms with Gasteiger partial charge in [0.1, 0.15) is 11.3 Å². The lowest BCUT2D eigenvalue weighted by molar-refractivity contribution is 0.0357. The molecule has 1 N–H and O–H groups in total. The van der Waals surface area contributed by atoms with Crippen LogP contribution in [0.4, 0.5) is 8.78 Å². The zero-order valence-corrected chi connectivity index (χ0v) is 26.6. The maximum Gasteiger partial charge on any atom is 0.257 e. The lowest BCUT2D eigenvalue weighted by Crippen LogP contribution is -2.37. The van der Waals surface area contributed by atoms with Crippen LogP contribution >= 0.6 is 0 Å². The molecular weight excluding hydrogens is 622 g/mol. The molecule has 0 spiro atoms. The number of carbonyl (C=O) groups excluding carboxylic acids is 1. The lowest BCUT2D eigenvalue weighted by Gasteiger charge is -2.26. The van der Waals surface area contributed by atoms with Gasteiger partial charge in [0.05, 0.1) is 38.0 Å². The molecule has 5 aromatic rings. The van der Waals surface area contributed by atoms with E-state index in [2.05, 4.69) is 19.9 Å². The van der Waals surface area contributed by atoms with Crippen molar-refractivity contribution in [2.75, 3.05) is 46.6 Å². The van der Waals surface area contributed by atoms with Crippen LogP contribution in [0, 0.1) is 18.6 Å². The number of aromatic nitrogens is 3. The number of ether oxygens (including phenoxy) is 4. The fourth-order valence-corrected chi connectivity index (χ4v) is 5.56. The molecule has 1 aliphatic heterocycles. The van der Waals surface area contributed by atoms with Gasteiger partial charge in [-0.05, 0) is 48.7 Å². The number of fused-ring (bicyclic) bond motifs is 1. The summed E-state index contributed by atoms with van der Waals surface area (Å²) in [6.45, 7) is 6.23. The van der Waals surface area contributed by atoms with Gasteiger partial charge >= 0.3 is 0 Å². The summed E-state index contributed by atoms with van der Waals surface area (Å²) in [6, 6.07) is 12.9. The van der Waals surface area contributed by atoms with E-state index in [-0.39, 0.29) is 34.9 Å². The van der Waals surface area contributed by atoms with Gasteiger partial charge in [0.25, 0.3) is 5.88 Å². The van der Waals surface area contributed by atoms with Crippen molar-refractivity contribution >= 4 is 16.8 Å². The van der Waals surface area contributed by atoms with Crippen LogP contribution in [-0.2, 0) is 11.2 Å². The Morgan fingerprint density at radius 1 is 1.02 bits per heavy atom. The van der Waals surface area contributed by atoms with Crippen molar-refractivity contribution in [1.82, 2.24) is 19.9 Å². The van der Waals surface area contributed by atoms with Crippen LogP contribution in [0.15, 0.2) is 71.8 Å². The second-order valence-electron chi connectivity index (χ2n) is 11.3. The molecule has 0 unspecified atom stereocenters. The second-order valence-corrected chi connectivity index (χ2v) is 11.3. The van der Waals surface area contributed by atoms with E-state index in [0.29, 0.717) is 40.2 Å². The average molecular weight is 657 g/mol. The van der Waals surface area contributed by atoms with Gasteiger partial charge in [0, 0.05) is 61.8 Å². The molecule has 248 valence electrons. The summed E-state index contributed by atoms with van der Waals surface area (Å²) >= 11 is 0. The number of aromatic amines is 1. The molecule has 3 aromatic heterocycles. The predicted octanol–water partition coefficient (Wildman–Crippen LogP) is 5.90. The molecule has 48 heavy (non-hydrogen) atoms. The lowest BCUT2D eigenvalue weighted by atomic mass is 9.98. The Balaban J connectivity index is 1.17. The van der Waals surface area contributed by atoms with Gasteiger partial charge in [0.2, 0.25) is 0 Å². The van der Waals surface area contributed by atoms with Gasteiger partial charge in [-0.3, -0.25) is 19.5 Å². The van der Waals surface area contributed by atoms with Gasteiger partial charge in [-0.2, -0.15) is 0 Å². The molecule has 0 radical (unpaired) electrons. The third-order valence-corrected chi connectivity index (χ3v) is 8.08. The first kappa shape index (κ1) is 32.7. The van der Waals surface area contributed by atoms with Crippen molar-refractivity contribution in [3.63, 3.8) is 0 Å². The van der Waals surface area contributed by atoms with E-state index < -0.39 is 22.8 Å². The number of pyridine rings is 3. The monoisotopic (exact) mass is 656 g/mol. The van der Waals surface area contributed by atoms with E-state index in [4.69, 9.17) is 18.9 Å². The van der Waals surface area contributed by atoms with Crippen molar-refractivity contribution < 1.29 is 32.5 Å². The minimum Gasteiger partial charge on any atom is -0.491 e. The summed E-state index contributed by atoms with van der Waals surface area (Å²) in [5.41, 5.74) is 1.90. The summed E-state index contributed by atoms with van der Waals surface area (Å²) in [7, 11) is 1.52. The highest BCUT2D eigenvalue weighted by molar-refractivity contribution is 5.98. The molecule has 6 rings (SSSR count). The minimum atomic E-state index is -0.705. The number of carbonyl (C=O) groups is 1. The van der Waals surface area contributed by atoms with Crippen LogP contribution in [0.1, 0.15) is 28.0 Å². The summed E-state index contributed by atoms with van der Waals surface area (Å²) in [5.74, 6) is -0.790. The number of hydrogen-bond donors (Lipinski definition) is 1. The van der Waals surface area contributed by atoms with E-state index in [9.17, 15) is 14.0 Å². The van der Waals surface area contributed by atoms with Gasteiger partial charge in [-0.25, -0.2) is 13.8 Å². The summed E-state index contributed by atoms with van der Waals surface area (Å²) < 4.78 is 51.6. The zero-order valence-electron chi connectivity index (χ0n) is 26.6. The van der Waals surface area contributed by atoms with Crippen molar-refractivity contribution in [3.05, 3.63) is 106 Å². The van der Waals surface area contributed by atoms with Gasteiger partial charge in [-0.15, -0.1) is 0 Å². The first-order valence-electron chi connectivity index (χ1n) is 15.5. The van der Waals surface area contributed by atoms with Crippen molar-refractivity contribution in [2.45, 2.75) is 19.8 Å². The van der Waals surface area contributed by atoms with Crippen LogP contribution in [-0.4, -0.2) is 72.2 Å². The topological polar surface area (TPSA) is 116 Å². The number of hydrogen-bond acceptors (Lipinski definition) is 9. The standard InChI is InChI=1S/C36H34F2N4O6/c1-22-33(24-5-7-25(37)8-6-24)35(44)26(21-40-22)29(43)19-23-4-9-30(27(38)18-23)48-31-10-11-39-28-20-32(45-2)36(41-34(28)31)47-15-3-12-42-13-16-46-17-14-42/h4-11,18,20-21H,3,12-17,19H2,1-2H3,(H,40,44). The quantitative estimate of drug-likeness (QED) is 0.130. The number of Topliss-reactive ketones (excluding diaryl/α,β-unsaturated/α-hetero) is 1. The first-order chi connectivity index (χ1) is 23.3. The highest BCUT2D eigenvalue weighted by Crippen LogP contribution is 2.35. The molecule has 0 atom stereocenters. The molecule has 1 fully saturated rings. The molecule has 0 saturated carbocycles. The molecule has 1 aliphatic rings. The number of nitrogens with zero attached hydrogens (tertiary/aromatic N) is 3. The normalized spacial score (nSPS) is 13.4. The Labute approximate surface area is 275 Å². The number of benzene rings is 2. The van der Waals surface area contributed by atoms with Crippen LogP contribution < -0.4 is 19.6 Å². The number of aryl methyl sites for hydroxylation is 1. The van der Waals surface area contributed by atoms with Crippen molar-refractivity contribution in [2.24, 2.45) is 0 Å². The number of methoxy groups -OCH3 is 1. The Morgan fingerprint density at radius 2 is 1.81 bits per heavy atom. The van der Waals surface area contributed by atoms with E-state index in [0.717, 1.165) is 39.3 Å². The third-order valence-electron chi connectivity index (χ3n) is 8.08. The molecule has 0 bridgehead atoms. The molecule has 0 amide bonds. The highest BCUT2D eigenvalue weighted by atomic mass is 19.1. The molecule has 10 nitrogen and oxygen atoms in total. The Morgan fingerprint density at radius 3 is 2.56 bits per heavy atom. The smallest absolute Gasteiger partial charge is 0.257 e. The average Bonchev–Trinajstić information content (AvgIpc) is 3.09. The molecule has 12 heteroatoms. The Hall–Kier alpha value is -5.20. The second kappa shape index (κ2) is 14.7. The maximum atomic E-state index is 15.4. The zero-order chi connectivity index (χ0) is 33.6. The van der Waals surface area contributed by atoms with Gasteiger partial charge < -0.3 is 23.9 Å². The Kier molecular flexibility index (Phi) is 10.0. The molecular formula is C36H34F2N4O6. The van der Waals surface area contributed by atoms with Gasteiger partial charge in [0.15, 0.2) is 34.3 Å². The molecule has 2 aromatic carbocycles. The van der Waals surface area contributed by atoms with Crippen LogP contribution in [0.2, 0.25) is 0 Å². The van der Waals surface area contributed by atoms with Crippen LogP contribution in [0.3, 0.4) is 0 Å². The number of ketones is 1. The fraction of sp³-hybridized carbons (Fsp3) is 0.278. The van der Waals surface area contributed by atoms with Gasteiger partial charge in [-0.1, -0.05) is 18.2 Å². The summed E-state index contributed by atoms with van der Waals surface area (Å²) in [4.78, 5) is 40.7. The SMILES string of the molecule is COc1cc2nccc(Oc3ccc(CC(=O)c4c[nH]c(C)c(-c5ccc(F)cc5)c4=O)cc3F)c2nc1OCCCN1CCOCC1. The number of morpholine rings is 1. The largest absolute Gasteiger partial charge is 0.491 e. The first-order valence-corrected chi connectivity index (χ1v) is 15.5. The van der Waals surface area contributed by atoms with Crippen molar-refractivity contribution in [1.29, 1.82) is 0 Å². The number of rotatable bonds is 12. The minimum absolute atomic E-state index is 0.0791. The molecule has 0 aliphatic carbocycles. The van der Waals surface area contributed by atoms with E-state index in [1.54, 1.807) is 25.1 Å². The number of nitrogens with one attached hydrogen (secondary N) is 1. The van der Waals surface area contributed by atoms with E-state index in [1.807, 2.05) is 0 Å². The number of H-pyrrole nitrogens is 1. The van der Waals surface area contributed by atoms with E-state index in [1.165, 1.54) is 55.9 Å². The Bertz CT molecular complexity index is 1990. The number of halogens is 2. The van der Waals surface area contributed by atoms with Crippen LogP contribution in [0.25, 0.3) is 22.2 Å². The highest BCUT2D eigenvalue weighted by Gasteiger charge is 2.20. The maximum absolute atomic E-state index is 15.4. The van der Waals surface area contributed by atoms with E-state index >= 15 is 4.39 Å². The molecule has 4 heterocycles. The fourth-order valence-electron chi connectivity index (χ4n) is 5.56. The third kappa shape index (κ3) is 7.35. The van der Waals surface area contributed by atoms with Crippen LogP contribution in [0.5, 0.6) is 23.1 Å².